The first-order chi connectivity index (χ1) is 12.8. The van der Waals surface area contributed by atoms with E-state index in [1.165, 1.54) is 0 Å². The van der Waals surface area contributed by atoms with Crippen molar-refractivity contribution >= 4 is 17.3 Å². The van der Waals surface area contributed by atoms with Gasteiger partial charge in [0.15, 0.2) is 17.3 Å². The number of carbonyl (C=O) groups is 3. The second-order valence-electron chi connectivity index (χ2n) is 11.0. The molecule has 4 unspecified atom stereocenters. The van der Waals surface area contributed by atoms with Gasteiger partial charge in [0.1, 0.15) is 0 Å². The third-order valence-corrected chi connectivity index (χ3v) is 7.98. The van der Waals surface area contributed by atoms with Gasteiger partial charge in [-0.05, 0) is 56.3 Å². The van der Waals surface area contributed by atoms with Crippen molar-refractivity contribution in [2.24, 2.45) is 39.9 Å². The van der Waals surface area contributed by atoms with Crippen LogP contribution in [0.3, 0.4) is 0 Å². The molecule has 0 aromatic carbocycles. The van der Waals surface area contributed by atoms with Crippen LogP contribution in [0.4, 0.5) is 0 Å². The van der Waals surface area contributed by atoms with Crippen LogP contribution in [0.15, 0.2) is 23.3 Å². The van der Waals surface area contributed by atoms with Crippen molar-refractivity contribution in [1.82, 2.24) is 0 Å². The van der Waals surface area contributed by atoms with Crippen molar-refractivity contribution in [2.75, 3.05) is 0 Å². The maximum absolute atomic E-state index is 13.9. The largest absolute Gasteiger partial charge is 0.298 e. The van der Waals surface area contributed by atoms with E-state index in [2.05, 4.69) is 27.7 Å². The van der Waals surface area contributed by atoms with E-state index in [1.54, 1.807) is 0 Å². The van der Waals surface area contributed by atoms with Crippen molar-refractivity contribution < 1.29 is 14.4 Å². The lowest BCUT2D eigenvalue weighted by molar-refractivity contribution is -0.142. The second-order valence-corrected chi connectivity index (χ2v) is 11.0. The summed E-state index contributed by atoms with van der Waals surface area (Å²) in [6, 6.07) is 0. The highest BCUT2D eigenvalue weighted by Crippen LogP contribution is 2.71. The molecule has 2 saturated carbocycles. The van der Waals surface area contributed by atoms with Crippen LogP contribution in [-0.2, 0) is 14.4 Å². The smallest absolute Gasteiger partial charge is 0.180 e. The van der Waals surface area contributed by atoms with Crippen LogP contribution < -0.4 is 0 Å². The molecular weight excluding hydrogens is 348 g/mol. The highest BCUT2D eigenvalue weighted by atomic mass is 16.2. The maximum Gasteiger partial charge on any atom is 0.180 e. The molecule has 3 rings (SSSR count). The minimum absolute atomic E-state index is 0.0380. The quantitative estimate of drug-likeness (QED) is 0.365. The molecule has 3 nitrogen and oxygen atoms in total. The minimum atomic E-state index is -1.05. The zero-order valence-electron chi connectivity index (χ0n) is 18.8. The summed E-state index contributed by atoms with van der Waals surface area (Å²) in [7, 11) is 0. The summed E-state index contributed by atoms with van der Waals surface area (Å²) in [6.07, 6.45) is 5.62. The first kappa shape index (κ1) is 21.2. The van der Waals surface area contributed by atoms with Gasteiger partial charge in [0, 0.05) is 5.92 Å². The average Bonchev–Trinajstić information content (AvgIpc) is 2.91. The Morgan fingerprint density at radius 1 is 1.14 bits per heavy atom. The fourth-order valence-electron chi connectivity index (χ4n) is 6.51. The van der Waals surface area contributed by atoms with Gasteiger partial charge >= 0.3 is 0 Å². The molecule has 0 N–H and O–H groups in total. The van der Waals surface area contributed by atoms with E-state index >= 15 is 0 Å². The Morgan fingerprint density at radius 3 is 2.25 bits per heavy atom. The monoisotopic (exact) mass is 384 g/mol. The molecule has 4 atom stereocenters. The van der Waals surface area contributed by atoms with Gasteiger partial charge in [0.25, 0.3) is 0 Å². The van der Waals surface area contributed by atoms with Gasteiger partial charge in [-0.15, -0.1) is 0 Å². The van der Waals surface area contributed by atoms with E-state index < -0.39 is 10.8 Å². The molecule has 2 bridgehead atoms. The normalized spacial score (nSPS) is 36.0. The third-order valence-electron chi connectivity index (χ3n) is 7.98. The molecule has 3 aliphatic rings. The van der Waals surface area contributed by atoms with Crippen LogP contribution in [0, 0.1) is 39.9 Å². The summed E-state index contributed by atoms with van der Waals surface area (Å²) >= 11 is 0. The van der Waals surface area contributed by atoms with Crippen LogP contribution >= 0.6 is 0 Å². The number of fused-ring (bicyclic) bond motifs is 1. The highest BCUT2D eigenvalue weighted by molar-refractivity contribution is 6.31. The first-order valence-corrected chi connectivity index (χ1v) is 10.8. The minimum Gasteiger partial charge on any atom is -0.298 e. The van der Waals surface area contributed by atoms with Crippen molar-refractivity contribution in [3.63, 3.8) is 0 Å². The molecule has 3 heteroatoms. The topological polar surface area (TPSA) is 51.2 Å². The first-order valence-electron chi connectivity index (χ1n) is 10.8. The SMILES string of the molecule is CC(C)=CCC12CC3C(C=C(C(=O)C(C)C)C1=O)(CC(C(C)C)C3(C)C)C2=O. The molecule has 0 heterocycles. The van der Waals surface area contributed by atoms with E-state index in [0.717, 1.165) is 12.0 Å². The van der Waals surface area contributed by atoms with Gasteiger partial charge in [-0.25, -0.2) is 0 Å². The molecule has 0 radical (unpaired) electrons. The second kappa shape index (κ2) is 6.50. The predicted octanol–water partition coefficient (Wildman–Crippen LogP) is 5.34. The lowest BCUT2D eigenvalue weighted by Crippen LogP contribution is -2.47. The number of hydrogen-bond acceptors (Lipinski definition) is 3. The van der Waals surface area contributed by atoms with Gasteiger partial charge in [0.2, 0.25) is 0 Å². The number of rotatable bonds is 5. The Labute approximate surface area is 170 Å². The van der Waals surface area contributed by atoms with Crippen molar-refractivity contribution in [3.8, 4) is 0 Å². The molecule has 0 saturated heterocycles. The standard InChI is InChI=1S/C25H36O3/c1-14(2)9-10-24-13-19-23(7,8)18(15(3)4)12-25(19,22(24)28)11-17(21(24)27)20(26)16(5)6/h9,11,15-16,18-19H,10,12-13H2,1-8H3. The number of Topliss-reactive ketones (excluding diaryl/α,β-unsaturated/α-hetero) is 3. The van der Waals surface area contributed by atoms with Gasteiger partial charge < -0.3 is 0 Å². The Bertz CT molecular complexity index is 791. The Hall–Kier alpha value is -1.51. The van der Waals surface area contributed by atoms with Crippen LogP contribution in [0.2, 0.25) is 0 Å². The molecule has 0 aromatic rings. The van der Waals surface area contributed by atoms with Crippen LogP contribution in [0.25, 0.3) is 0 Å². The van der Waals surface area contributed by atoms with E-state index in [9.17, 15) is 14.4 Å². The van der Waals surface area contributed by atoms with E-state index in [4.69, 9.17) is 0 Å². The Balaban J connectivity index is 2.23. The van der Waals surface area contributed by atoms with Crippen LogP contribution in [-0.4, -0.2) is 17.3 Å². The molecule has 28 heavy (non-hydrogen) atoms. The summed E-state index contributed by atoms with van der Waals surface area (Å²) < 4.78 is 0. The predicted molar refractivity (Wildman–Crippen MR) is 112 cm³/mol. The maximum atomic E-state index is 13.9. The summed E-state index contributed by atoms with van der Waals surface area (Å²) in [5.74, 6) is 0.507. The summed E-state index contributed by atoms with van der Waals surface area (Å²) in [5.41, 5.74) is -0.326. The van der Waals surface area contributed by atoms with Crippen LogP contribution in [0.1, 0.15) is 74.7 Å². The fourth-order valence-corrected chi connectivity index (χ4v) is 6.51. The lowest BCUT2D eigenvalue weighted by Gasteiger charge is -2.37. The van der Waals surface area contributed by atoms with Gasteiger partial charge in [-0.1, -0.05) is 59.3 Å². The van der Waals surface area contributed by atoms with Crippen molar-refractivity contribution in [3.05, 3.63) is 23.3 Å². The van der Waals surface area contributed by atoms with Crippen LogP contribution in [0.5, 0.6) is 0 Å². The highest BCUT2D eigenvalue weighted by Gasteiger charge is 2.74. The van der Waals surface area contributed by atoms with Gasteiger partial charge in [0.05, 0.1) is 16.4 Å². The number of hydrogen-bond donors (Lipinski definition) is 0. The number of allylic oxidation sites excluding steroid dienone is 4. The summed E-state index contributed by atoms with van der Waals surface area (Å²) in [4.78, 5) is 40.5. The zero-order valence-corrected chi connectivity index (χ0v) is 18.8. The molecule has 3 aliphatic carbocycles. The Kier molecular flexibility index (Phi) is 4.92. The zero-order chi connectivity index (χ0) is 21.2. The molecule has 0 aromatic heterocycles. The summed E-state index contributed by atoms with van der Waals surface area (Å²) in [5, 5.41) is 0. The molecule has 0 amide bonds. The van der Waals surface area contributed by atoms with E-state index in [-0.39, 0.29) is 34.6 Å². The molecule has 0 aliphatic heterocycles. The summed E-state index contributed by atoms with van der Waals surface area (Å²) in [6.45, 7) is 16.6. The van der Waals surface area contributed by atoms with E-state index in [1.807, 2.05) is 39.8 Å². The molecular formula is C25H36O3. The van der Waals surface area contributed by atoms with E-state index in [0.29, 0.717) is 30.3 Å². The fraction of sp³-hybridized carbons (Fsp3) is 0.720. The molecule has 154 valence electrons. The van der Waals surface area contributed by atoms with Gasteiger partial charge in [-0.2, -0.15) is 0 Å². The lowest BCUT2D eigenvalue weighted by atomic mass is 9.63. The molecule has 1 spiro atoms. The van der Waals surface area contributed by atoms with Crippen molar-refractivity contribution in [1.29, 1.82) is 0 Å². The third kappa shape index (κ3) is 2.64. The Morgan fingerprint density at radius 2 is 1.75 bits per heavy atom. The number of ketones is 3. The van der Waals surface area contributed by atoms with Gasteiger partial charge in [-0.3, -0.25) is 14.4 Å². The van der Waals surface area contributed by atoms with Crippen molar-refractivity contribution in [2.45, 2.75) is 74.7 Å². The molecule has 2 fully saturated rings. The number of carbonyl (C=O) groups excluding carboxylic acids is 3. The average molecular weight is 385 g/mol.